The third-order valence-corrected chi connectivity index (χ3v) is 4.72. The summed E-state index contributed by atoms with van der Waals surface area (Å²) < 4.78 is 5.53. The molecule has 1 aliphatic heterocycles. The molecule has 3 N–H and O–H groups in total. The fourth-order valence-electron chi connectivity index (χ4n) is 2.76. The molecular formula is C20H21ClN4O2S. The van der Waals surface area contributed by atoms with Crippen LogP contribution in [0.2, 0.25) is 5.02 Å². The molecule has 1 heterocycles. The number of nitrogens with zero attached hydrogens (tertiary/aromatic N) is 1. The standard InChI is InChI=1S/C20H21ClN4O2S/c21-18-9-2-1-8-17(18)19(26)24-15-6-3-5-14(11-15)12-23-25-20(28)22-13-16-7-4-10-27-16/h1-3,5-6,8-9,11-12,16H,4,7,10,13H2,(H,24,26)(H2,22,25,28)/b23-12-/t16-/m1/s1. The predicted molar refractivity (Wildman–Crippen MR) is 116 cm³/mol. The van der Waals surface area contributed by atoms with Crippen molar-refractivity contribution in [2.75, 3.05) is 18.5 Å². The topological polar surface area (TPSA) is 74.8 Å². The molecule has 2 aromatic rings. The van der Waals surface area contributed by atoms with Crippen molar-refractivity contribution in [3.8, 4) is 0 Å². The SMILES string of the molecule is O=C(Nc1cccc(/C=N\NC(=S)NC[C@H]2CCCO2)c1)c1ccccc1Cl. The molecule has 0 aromatic heterocycles. The van der Waals surface area contributed by atoms with Crippen molar-refractivity contribution in [2.24, 2.45) is 5.10 Å². The molecule has 1 amide bonds. The molecule has 3 rings (SSSR count). The minimum atomic E-state index is -0.266. The fourth-order valence-corrected chi connectivity index (χ4v) is 3.11. The molecule has 2 aromatic carbocycles. The second-order valence-corrected chi connectivity index (χ2v) is 7.09. The first kappa shape index (κ1) is 20.3. The molecule has 0 spiro atoms. The Morgan fingerprint density at radius 1 is 1.29 bits per heavy atom. The number of ether oxygens (including phenoxy) is 1. The average molecular weight is 417 g/mol. The van der Waals surface area contributed by atoms with E-state index < -0.39 is 0 Å². The number of amides is 1. The lowest BCUT2D eigenvalue weighted by atomic mass is 10.2. The van der Waals surface area contributed by atoms with Crippen LogP contribution in [0.1, 0.15) is 28.8 Å². The van der Waals surface area contributed by atoms with E-state index >= 15 is 0 Å². The van der Waals surface area contributed by atoms with Gasteiger partial charge in [-0.1, -0.05) is 35.9 Å². The van der Waals surface area contributed by atoms with Crippen molar-refractivity contribution in [1.29, 1.82) is 0 Å². The van der Waals surface area contributed by atoms with Crippen LogP contribution >= 0.6 is 23.8 Å². The highest BCUT2D eigenvalue weighted by Crippen LogP contribution is 2.17. The third kappa shape index (κ3) is 6.02. The molecule has 1 saturated heterocycles. The van der Waals surface area contributed by atoms with Gasteiger partial charge in [0.25, 0.3) is 5.91 Å². The van der Waals surface area contributed by atoms with E-state index in [1.54, 1.807) is 36.5 Å². The minimum Gasteiger partial charge on any atom is -0.376 e. The van der Waals surface area contributed by atoms with E-state index in [0.29, 0.717) is 27.9 Å². The van der Waals surface area contributed by atoms with Gasteiger partial charge in [-0.2, -0.15) is 5.10 Å². The highest BCUT2D eigenvalue weighted by Gasteiger charge is 2.15. The largest absolute Gasteiger partial charge is 0.376 e. The predicted octanol–water partition coefficient (Wildman–Crippen LogP) is 3.57. The second kappa shape index (κ2) is 10.2. The van der Waals surface area contributed by atoms with Crippen molar-refractivity contribution in [1.82, 2.24) is 10.7 Å². The molecule has 1 fully saturated rings. The van der Waals surface area contributed by atoms with Crippen LogP contribution in [0, 0.1) is 0 Å². The molecule has 0 saturated carbocycles. The summed E-state index contributed by atoms with van der Waals surface area (Å²) >= 11 is 11.3. The average Bonchev–Trinajstić information content (AvgIpc) is 3.21. The number of thiocarbonyl (C=S) groups is 1. The number of hydrazone groups is 1. The molecule has 8 heteroatoms. The van der Waals surface area contributed by atoms with Gasteiger partial charge in [0.05, 0.1) is 22.9 Å². The van der Waals surface area contributed by atoms with Gasteiger partial charge in [0, 0.05) is 18.8 Å². The van der Waals surface area contributed by atoms with Gasteiger partial charge < -0.3 is 15.4 Å². The number of benzene rings is 2. The lowest BCUT2D eigenvalue weighted by Crippen LogP contribution is -2.37. The number of carbonyl (C=O) groups excluding carboxylic acids is 1. The van der Waals surface area contributed by atoms with Crippen LogP contribution in [-0.2, 0) is 4.74 Å². The minimum absolute atomic E-state index is 0.210. The van der Waals surface area contributed by atoms with Crippen LogP contribution < -0.4 is 16.1 Å². The zero-order valence-electron chi connectivity index (χ0n) is 15.2. The lowest BCUT2D eigenvalue weighted by molar-refractivity contribution is 0.102. The molecule has 0 unspecified atom stereocenters. The van der Waals surface area contributed by atoms with Gasteiger partial charge in [0.1, 0.15) is 0 Å². The van der Waals surface area contributed by atoms with Crippen molar-refractivity contribution >= 4 is 46.7 Å². The summed E-state index contributed by atoms with van der Waals surface area (Å²) in [6, 6.07) is 14.2. The van der Waals surface area contributed by atoms with Gasteiger partial charge in [-0.05, 0) is 54.9 Å². The number of nitrogens with one attached hydrogen (secondary N) is 3. The molecular weight excluding hydrogens is 396 g/mol. The number of anilines is 1. The van der Waals surface area contributed by atoms with E-state index in [4.69, 9.17) is 28.6 Å². The van der Waals surface area contributed by atoms with Crippen LogP contribution in [0.25, 0.3) is 0 Å². The molecule has 6 nitrogen and oxygen atoms in total. The van der Waals surface area contributed by atoms with E-state index in [-0.39, 0.29) is 12.0 Å². The zero-order chi connectivity index (χ0) is 19.8. The molecule has 0 bridgehead atoms. The van der Waals surface area contributed by atoms with E-state index in [9.17, 15) is 4.79 Å². The van der Waals surface area contributed by atoms with Crippen LogP contribution in [0.4, 0.5) is 5.69 Å². The van der Waals surface area contributed by atoms with Gasteiger partial charge in [-0.3, -0.25) is 10.2 Å². The molecule has 0 radical (unpaired) electrons. The van der Waals surface area contributed by atoms with E-state index in [1.807, 2.05) is 18.2 Å². The Balaban J connectivity index is 1.51. The summed E-state index contributed by atoms with van der Waals surface area (Å²) in [5.74, 6) is -0.266. The third-order valence-electron chi connectivity index (χ3n) is 4.16. The maximum Gasteiger partial charge on any atom is 0.257 e. The smallest absolute Gasteiger partial charge is 0.257 e. The van der Waals surface area contributed by atoms with Crippen molar-refractivity contribution in [3.63, 3.8) is 0 Å². The monoisotopic (exact) mass is 416 g/mol. The Kier molecular flexibility index (Phi) is 7.36. The summed E-state index contributed by atoms with van der Waals surface area (Å²) in [6.45, 7) is 1.49. The first-order valence-electron chi connectivity index (χ1n) is 8.96. The Morgan fingerprint density at radius 2 is 2.14 bits per heavy atom. The van der Waals surface area contributed by atoms with Crippen LogP contribution in [0.5, 0.6) is 0 Å². The molecule has 28 heavy (non-hydrogen) atoms. The van der Waals surface area contributed by atoms with Gasteiger partial charge >= 0.3 is 0 Å². The van der Waals surface area contributed by atoms with Gasteiger partial charge in [-0.15, -0.1) is 0 Å². The highest BCUT2D eigenvalue weighted by molar-refractivity contribution is 7.80. The number of hydrogen-bond acceptors (Lipinski definition) is 4. The summed E-state index contributed by atoms with van der Waals surface area (Å²) in [7, 11) is 0. The summed E-state index contributed by atoms with van der Waals surface area (Å²) in [4.78, 5) is 12.4. The van der Waals surface area contributed by atoms with Gasteiger partial charge in [-0.25, -0.2) is 0 Å². The Bertz CT molecular complexity index is 869. The second-order valence-electron chi connectivity index (χ2n) is 6.27. The van der Waals surface area contributed by atoms with Crippen molar-refractivity contribution < 1.29 is 9.53 Å². The highest BCUT2D eigenvalue weighted by atomic mass is 35.5. The van der Waals surface area contributed by atoms with Gasteiger partial charge in [0.15, 0.2) is 5.11 Å². The Hall–Kier alpha value is -2.48. The number of carbonyl (C=O) groups is 1. The quantitative estimate of drug-likeness (QED) is 0.381. The Labute approximate surface area is 174 Å². The summed E-state index contributed by atoms with van der Waals surface area (Å²) in [5, 5.41) is 10.9. The van der Waals surface area contributed by atoms with Crippen molar-refractivity contribution in [3.05, 3.63) is 64.7 Å². The van der Waals surface area contributed by atoms with Crippen LogP contribution in [0.15, 0.2) is 53.6 Å². The maximum absolute atomic E-state index is 12.4. The number of rotatable bonds is 6. The number of halogens is 1. The summed E-state index contributed by atoms with van der Waals surface area (Å²) in [5.41, 5.74) is 4.66. The van der Waals surface area contributed by atoms with E-state index in [1.165, 1.54) is 0 Å². The Morgan fingerprint density at radius 3 is 2.93 bits per heavy atom. The lowest BCUT2D eigenvalue weighted by Gasteiger charge is -2.11. The normalized spacial score (nSPS) is 16.1. The van der Waals surface area contributed by atoms with Gasteiger partial charge in [0.2, 0.25) is 0 Å². The molecule has 146 valence electrons. The van der Waals surface area contributed by atoms with Crippen LogP contribution in [0.3, 0.4) is 0 Å². The van der Waals surface area contributed by atoms with Crippen LogP contribution in [-0.4, -0.2) is 36.5 Å². The maximum atomic E-state index is 12.4. The first-order chi connectivity index (χ1) is 13.6. The van der Waals surface area contributed by atoms with E-state index in [0.717, 1.165) is 25.0 Å². The molecule has 0 aliphatic carbocycles. The molecule has 1 atom stereocenters. The fraction of sp³-hybridized carbons (Fsp3) is 0.250. The van der Waals surface area contributed by atoms with E-state index in [2.05, 4.69) is 21.2 Å². The number of hydrogen-bond donors (Lipinski definition) is 3. The van der Waals surface area contributed by atoms with Crippen molar-refractivity contribution in [2.45, 2.75) is 18.9 Å². The molecule has 1 aliphatic rings. The summed E-state index contributed by atoms with van der Waals surface area (Å²) in [6.07, 6.45) is 3.98. The zero-order valence-corrected chi connectivity index (χ0v) is 16.7. The first-order valence-corrected chi connectivity index (χ1v) is 9.75.